The number of rotatable bonds is 7. The predicted octanol–water partition coefficient (Wildman–Crippen LogP) is 0.969. The fourth-order valence-corrected chi connectivity index (χ4v) is 2.10. The van der Waals surface area contributed by atoms with Gasteiger partial charge in [0.1, 0.15) is 17.6 Å². The maximum atomic E-state index is 10.5. The number of fused-ring (bicyclic) bond motifs is 1. The van der Waals surface area contributed by atoms with Gasteiger partial charge in [0, 0.05) is 25.4 Å². The van der Waals surface area contributed by atoms with Gasteiger partial charge < -0.3 is 14.5 Å². The molecule has 0 aliphatic carbocycles. The van der Waals surface area contributed by atoms with Crippen molar-refractivity contribution >= 4 is 17.0 Å². The quantitative estimate of drug-likeness (QED) is 0.653. The van der Waals surface area contributed by atoms with Crippen molar-refractivity contribution in [2.24, 2.45) is 0 Å². The highest BCUT2D eigenvalue weighted by molar-refractivity contribution is 5.74. The maximum Gasteiger partial charge on any atom is 0.303 e. The molecule has 3 rings (SSSR count). The Morgan fingerprint density at radius 2 is 2.27 bits per heavy atom. The number of hydrogen-bond acceptors (Lipinski definition) is 5. The number of carboxylic acids is 1. The second-order valence-electron chi connectivity index (χ2n) is 4.85. The minimum absolute atomic E-state index is 0.0680. The molecule has 0 aliphatic rings. The SMILES string of the molecule is O=C(O)CCCOn1nnc2ccc(Cn3ccnc3)cc21. The van der Waals surface area contributed by atoms with Gasteiger partial charge in [-0.3, -0.25) is 4.79 Å². The third kappa shape index (κ3) is 3.22. The summed E-state index contributed by atoms with van der Waals surface area (Å²) in [4.78, 5) is 21.3. The monoisotopic (exact) mass is 301 g/mol. The molecule has 114 valence electrons. The minimum Gasteiger partial charge on any atom is -0.481 e. The van der Waals surface area contributed by atoms with E-state index in [0.717, 1.165) is 16.6 Å². The van der Waals surface area contributed by atoms with Gasteiger partial charge in [-0.15, -0.1) is 5.10 Å². The van der Waals surface area contributed by atoms with E-state index < -0.39 is 5.97 Å². The molecular weight excluding hydrogens is 286 g/mol. The number of benzene rings is 1. The summed E-state index contributed by atoms with van der Waals surface area (Å²) in [5.41, 5.74) is 2.56. The van der Waals surface area contributed by atoms with E-state index in [4.69, 9.17) is 9.94 Å². The molecule has 22 heavy (non-hydrogen) atoms. The van der Waals surface area contributed by atoms with Crippen LogP contribution in [0.3, 0.4) is 0 Å². The minimum atomic E-state index is -0.838. The molecule has 2 heterocycles. The third-order valence-corrected chi connectivity index (χ3v) is 3.15. The summed E-state index contributed by atoms with van der Waals surface area (Å²) >= 11 is 0. The van der Waals surface area contributed by atoms with Crippen LogP contribution in [0, 0.1) is 0 Å². The molecule has 0 aliphatic heterocycles. The highest BCUT2D eigenvalue weighted by Gasteiger charge is 2.07. The Morgan fingerprint density at radius 1 is 1.36 bits per heavy atom. The van der Waals surface area contributed by atoms with Crippen molar-refractivity contribution < 1.29 is 14.7 Å². The summed E-state index contributed by atoms with van der Waals surface area (Å²) in [6, 6.07) is 5.81. The van der Waals surface area contributed by atoms with Crippen LogP contribution in [0.4, 0.5) is 0 Å². The lowest BCUT2D eigenvalue weighted by molar-refractivity contribution is -0.137. The lowest BCUT2D eigenvalue weighted by Gasteiger charge is -2.06. The third-order valence-electron chi connectivity index (χ3n) is 3.15. The van der Waals surface area contributed by atoms with E-state index in [0.29, 0.717) is 13.0 Å². The first kappa shape index (κ1) is 14.1. The van der Waals surface area contributed by atoms with Crippen LogP contribution < -0.4 is 4.84 Å². The van der Waals surface area contributed by atoms with Gasteiger partial charge in [0.25, 0.3) is 0 Å². The van der Waals surface area contributed by atoms with E-state index in [1.54, 1.807) is 12.5 Å². The Bertz CT molecular complexity index is 766. The summed E-state index contributed by atoms with van der Waals surface area (Å²) in [6.07, 6.45) is 5.87. The first-order valence-corrected chi connectivity index (χ1v) is 6.87. The molecule has 8 nitrogen and oxygen atoms in total. The van der Waals surface area contributed by atoms with Crippen molar-refractivity contribution in [2.45, 2.75) is 19.4 Å². The van der Waals surface area contributed by atoms with Crippen molar-refractivity contribution in [3.05, 3.63) is 42.5 Å². The van der Waals surface area contributed by atoms with E-state index in [1.165, 1.54) is 4.85 Å². The van der Waals surface area contributed by atoms with Crippen LogP contribution in [0.15, 0.2) is 36.9 Å². The van der Waals surface area contributed by atoms with Crippen molar-refractivity contribution in [1.29, 1.82) is 0 Å². The molecule has 1 N–H and O–H groups in total. The second kappa shape index (κ2) is 6.25. The van der Waals surface area contributed by atoms with Gasteiger partial charge in [-0.1, -0.05) is 10.9 Å². The van der Waals surface area contributed by atoms with Crippen molar-refractivity contribution in [2.75, 3.05) is 6.61 Å². The molecular formula is C14H15N5O3. The molecule has 8 heteroatoms. The van der Waals surface area contributed by atoms with E-state index in [1.807, 2.05) is 29.0 Å². The van der Waals surface area contributed by atoms with E-state index in [9.17, 15) is 4.79 Å². The van der Waals surface area contributed by atoms with Gasteiger partial charge in [0.2, 0.25) is 0 Å². The molecule has 3 aromatic rings. The van der Waals surface area contributed by atoms with Crippen molar-refractivity contribution in [3.8, 4) is 0 Å². The van der Waals surface area contributed by atoms with Crippen LogP contribution in [0.25, 0.3) is 11.0 Å². The Hall–Kier alpha value is -2.90. The van der Waals surface area contributed by atoms with Crippen LogP contribution in [-0.2, 0) is 11.3 Å². The Balaban J connectivity index is 1.72. The normalized spacial score (nSPS) is 10.9. The van der Waals surface area contributed by atoms with Gasteiger partial charge in [0.05, 0.1) is 6.33 Å². The number of carboxylic acid groups (broad SMARTS) is 1. The van der Waals surface area contributed by atoms with Crippen LogP contribution >= 0.6 is 0 Å². The summed E-state index contributed by atoms with van der Waals surface area (Å²) in [5.74, 6) is -0.838. The number of aromatic nitrogens is 5. The summed E-state index contributed by atoms with van der Waals surface area (Å²) in [6.45, 7) is 0.969. The molecule has 0 saturated heterocycles. The zero-order chi connectivity index (χ0) is 15.4. The van der Waals surface area contributed by atoms with Gasteiger partial charge in [-0.2, -0.15) is 0 Å². The summed E-state index contributed by atoms with van der Waals surface area (Å²) < 4.78 is 1.96. The zero-order valence-corrected chi connectivity index (χ0v) is 11.8. The fourth-order valence-electron chi connectivity index (χ4n) is 2.10. The lowest BCUT2D eigenvalue weighted by atomic mass is 10.2. The van der Waals surface area contributed by atoms with E-state index >= 15 is 0 Å². The van der Waals surface area contributed by atoms with Gasteiger partial charge in [-0.05, 0) is 29.3 Å². The summed E-state index contributed by atoms with van der Waals surface area (Å²) in [7, 11) is 0. The van der Waals surface area contributed by atoms with Gasteiger partial charge in [0.15, 0.2) is 0 Å². The molecule has 1 aromatic carbocycles. The molecule has 0 radical (unpaired) electrons. The Morgan fingerprint density at radius 3 is 3.05 bits per heavy atom. The number of aliphatic carboxylic acids is 1. The number of imidazole rings is 1. The smallest absolute Gasteiger partial charge is 0.303 e. The van der Waals surface area contributed by atoms with Crippen molar-refractivity contribution in [1.82, 2.24) is 24.7 Å². The number of nitrogens with zero attached hydrogens (tertiary/aromatic N) is 5. The fraction of sp³-hybridized carbons (Fsp3) is 0.286. The summed E-state index contributed by atoms with van der Waals surface area (Å²) in [5, 5.41) is 16.6. The molecule has 0 unspecified atom stereocenters. The first-order valence-electron chi connectivity index (χ1n) is 6.87. The predicted molar refractivity (Wildman–Crippen MR) is 77.2 cm³/mol. The van der Waals surface area contributed by atoms with E-state index in [2.05, 4.69) is 15.3 Å². The molecule has 0 atom stereocenters. The second-order valence-corrected chi connectivity index (χ2v) is 4.85. The number of hydrogen-bond donors (Lipinski definition) is 1. The molecule has 0 amide bonds. The lowest BCUT2D eigenvalue weighted by Crippen LogP contribution is -2.15. The van der Waals surface area contributed by atoms with E-state index in [-0.39, 0.29) is 13.0 Å². The average molecular weight is 301 g/mol. The zero-order valence-electron chi connectivity index (χ0n) is 11.8. The van der Waals surface area contributed by atoms with Crippen LogP contribution in [0.5, 0.6) is 0 Å². The van der Waals surface area contributed by atoms with Gasteiger partial charge in [-0.25, -0.2) is 4.98 Å². The molecule has 0 spiro atoms. The average Bonchev–Trinajstić information content (AvgIpc) is 3.13. The number of carbonyl (C=O) groups is 1. The Kier molecular flexibility index (Phi) is 3.99. The van der Waals surface area contributed by atoms with Gasteiger partial charge >= 0.3 is 5.97 Å². The topological polar surface area (TPSA) is 95.1 Å². The van der Waals surface area contributed by atoms with Crippen LogP contribution in [0.1, 0.15) is 18.4 Å². The largest absolute Gasteiger partial charge is 0.481 e. The molecule has 2 aromatic heterocycles. The molecule has 0 saturated carbocycles. The molecule has 0 bridgehead atoms. The first-order chi connectivity index (χ1) is 10.7. The highest BCUT2D eigenvalue weighted by Crippen LogP contribution is 2.14. The van der Waals surface area contributed by atoms with Crippen LogP contribution in [0.2, 0.25) is 0 Å². The van der Waals surface area contributed by atoms with Crippen molar-refractivity contribution in [3.63, 3.8) is 0 Å². The maximum absolute atomic E-state index is 10.5. The van der Waals surface area contributed by atoms with Crippen LogP contribution in [-0.4, -0.2) is 42.4 Å². The Labute approximate surface area is 125 Å². The standard InChI is InChI=1S/C14H15N5O3/c20-14(21)2-1-7-22-19-13-8-11(3-4-12(13)16-17-19)9-18-6-5-15-10-18/h3-6,8,10H,1-2,7,9H2,(H,20,21). The highest BCUT2D eigenvalue weighted by atomic mass is 16.7. The molecule has 0 fully saturated rings.